The minimum atomic E-state index is -0.232. The Balaban J connectivity index is 1.33. The Labute approximate surface area is 204 Å². The van der Waals surface area contributed by atoms with Crippen molar-refractivity contribution in [3.63, 3.8) is 0 Å². The molecule has 1 N–H and O–H groups in total. The van der Waals surface area contributed by atoms with Crippen molar-refractivity contribution in [1.82, 2.24) is 14.8 Å². The summed E-state index contributed by atoms with van der Waals surface area (Å²) in [6, 6.07) is 16.4. The van der Waals surface area contributed by atoms with Crippen LogP contribution in [0.5, 0.6) is 11.5 Å². The molecule has 1 aliphatic heterocycles. The molecule has 4 rings (SSSR count). The molecule has 2 heterocycles. The Morgan fingerprint density at radius 2 is 1.49 bits per heavy atom. The highest BCUT2D eigenvalue weighted by atomic mass is 16.5. The fourth-order valence-electron chi connectivity index (χ4n) is 3.94. The van der Waals surface area contributed by atoms with Crippen LogP contribution in [0.3, 0.4) is 0 Å². The van der Waals surface area contributed by atoms with Crippen LogP contribution in [0.1, 0.15) is 10.4 Å². The van der Waals surface area contributed by atoms with Gasteiger partial charge in [-0.2, -0.15) is 0 Å². The third-order valence-corrected chi connectivity index (χ3v) is 6.06. The van der Waals surface area contributed by atoms with Gasteiger partial charge < -0.3 is 29.5 Å². The van der Waals surface area contributed by atoms with Crippen molar-refractivity contribution in [3.8, 4) is 11.5 Å². The summed E-state index contributed by atoms with van der Waals surface area (Å²) >= 11 is 0. The summed E-state index contributed by atoms with van der Waals surface area (Å²) in [7, 11) is 5.08. The van der Waals surface area contributed by atoms with Crippen LogP contribution < -0.4 is 19.7 Å². The largest absolute Gasteiger partial charge is 0.497 e. The van der Waals surface area contributed by atoms with E-state index in [1.807, 2.05) is 48.3 Å². The van der Waals surface area contributed by atoms with E-state index in [9.17, 15) is 9.59 Å². The van der Waals surface area contributed by atoms with Crippen molar-refractivity contribution in [2.75, 3.05) is 57.7 Å². The predicted octanol–water partition coefficient (Wildman–Crippen LogP) is 3.86. The van der Waals surface area contributed by atoms with Crippen molar-refractivity contribution in [1.29, 1.82) is 0 Å². The maximum Gasteiger partial charge on any atom is 0.322 e. The second kappa shape index (κ2) is 10.8. The zero-order chi connectivity index (χ0) is 24.8. The average Bonchev–Trinajstić information content (AvgIpc) is 2.93. The molecule has 0 bridgehead atoms. The van der Waals surface area contributed by atoms with Gasteiger partial charge in [0.15, 0.2) is 0 Å². The van der Waals surface area contributed by atoms with Gasteiger partial charge in [0.1, 0.15) is 11.5 Å². The number of nitrogens with zero attached hydrogens (tertiary/aromatic N) is 4. The van der Waals surface area contributed by atoms with Gasteiger partial charge in [0.2, 0.25) is 0 Å². The number of hydrogen-bond acceptors (Lipinski definition) is 6. The van der Waals surface area contributed by atoms with Gasteiger partial charge in [0, 0.05) is 68.6 Å². The molecule has 0 unspecified atom stereocenters. The standard InChI is InChI=1S/C26H29N5O4/c1-29(21-10-12-27-13-11-21)20-6-4-19(5-7-20)25(32)30-14-16-31(17-15-30)26(33)28-23-9-8-22(34-2)18-24(23)35-3/h4-13,18H,14-17H2,1-3H3,(H,28,33). The van der Waals surface area contributed by atoms with Crippen molar-refractivity contribution in [3.05, 3.63) is 72.6 Å². The zero-order valence-electron chi connectivity index (χ0n) is 20.1. The molecule has 1 aliphatic rings. The Morgan fingerprint density at radius 3 is 2.11 bits per heavy atom. The quantitative estimate of drug-likeness (QED) is 0.583. The first-order valence-electron chi connectivity index (χ1n) is 11.3. The minimum Gasteiger partial charge on any atom is -0.497 e. The van der Waals surface area contributed by atoms with Crippen LogP contribution in [-0.4, -0.2) is 74.2 Å². The van der Waals surface area contributed by atoms with Gasteiger partial charge in [-0.3, -0.25) is 9.78 Å². The molecular weight excluding hydrogens is 446 g/mol. The van der Waals surface area contributed by atoms with E-state index in [1.54, 1.807) is 54.6 Å². The lowest BCUT2D eigenvalue weighted by atomic mass is 10.1. The third kappa shape index (κ3) is 5.46. The SMILES string of the molecule is COc1ccc(NC(=O)N2CCN(C(=O)c3ccc(N(C)c4ccncc4)cc3)CC2)c(OC)c1. The maximum atomic E-state index is 13.0. The molecule has 1 aromatic heterocycles. The summed E-state index contributed by atoms with van der Waals surface area (Å²) in [6.45, 7) is 1.81. The smallest absolute Gasteiger partial charge is 0.322 e. The van der Waals surface area contributed by atoms with Crippen LogP contribution in [0, 0.1) is 0 Å². The van der Waals surface area contributed by atoms with Crippen LogP contribution in [0.4, 0.5) is 21.9 Å². The molecule has 0 aliphatic carbocycles. The Bertz CT molecular complexity index is 1160. The van der Waals surface area contributed by atoms with Crippen LogP contribution in [0.15, 0.2) is 67.0 Å². The van der Waals surface area contributed by atoms with Crippen LogP contribution in [0.25, 0.3) is 0 Å². The number of nitrogens with one attached hydrogen (secondary N) is 1. The second-order valence-electron chi connectivity index (χ2n) is 8.09. The summed E-state index contributed by atoms with van der Waals surface area (Å²) in [5, 5.41) is 2.88. The first-order valence-corrected chi connectivity index (χ1v) is 11.3. The van der Waals surface area contributed by atoms with E-state index in [2.05, 4.69) is 10.3 Å². The number of hydrogen-bond donors (Lipinski definition) is 1. The summed E-state index contributed by atoms with van der Waals surface area (Å²) in [5.74, 6) is 1.12. The lowest BCUT2D eigenvalue weighted by Gasteiger charge is -2.35. The molecule has 9 nitrogen and oxygen atoms in total. The maximum absolute atomic E-state index is 13.0. The number of amides is 3. The zero-order valence-corrected chi connectivity index (χ0v) is 20.1. The number of ether oxygens (including phenoxy) is 2. The highest BCUT2D eigenvalue weighted by molar-refractivity contribution is 5.95. The molecule has 35 heavy (non-hydrogen) atoms. The number of carbonyl (C=O) groups is 2. The molecule has 0 radical (unpaired) electrons. The molecule has 0 atom stereocenters. The van der Waals surface area contributed by atoms with Gasteiger partial charge in [-0.25, -0.2) is 4.79 Å². The number of rotatable bonds is 6. The number of pyridine rings is 1. The Hall–Kier alpha value is -4.27. The summed E-state index contributed by atoms with van der Waals surface area (Å²) in [5.41, 5.74) is 3.18. The highest BCUT2D eigenvalue weighted by Gasteiger charge is 2.25. The predicted molar refractivity (Wildman–Crippen MR) is 135 cm³/mol. The van der Waals surface area contributed by atoms with Gasteiger partial charge in [0.05, 0.1) is 19.9 Å². The Morgan fingerprint density at radius 1 is 0.857 bits per heavy atom. The van der Waals surface area contributed by atoms with E-state index in [-0.39, 0.29) is 11.9 Å². The van der Waals surface area contributed by atoms with E-state index >= 15 is 0 Å². The molecule has 1 saturated heterocycles. The molecule has 0 spiro atoms. The van der Waals surface area contributed by atoms with E-state index in [0.717, 1.165) is 11.4 Å². The van der Waals surface area contributed by atoms with Crippen LogP contribution >= 0.6 is 0 Å². The number of urea groups is 1. The van der Waals surface area contributed by atoms with Gasteiger partial charge in [0.25, 0.3) is 5.91 Å². The fraction of sp³-hybridized carbons (Fsp3) is 0.269. The lowest BCUT2D eigenvalue weighted by molar-refractivity contribution is 0.0671. The van der Waals surface area contributed by atoms with Crippen molar-refractivity contribution >= 4 is 29.0 Å². The van der Waals surface area contributed by atoms with Gasteiger partial charge in [-0.1, -0.05) is 0 Å². The van der Waals surface area contributed by atoms with Crippen molar-refractivity contribution in [2.45, 2.75) is 0 Å². The second-order valence-corrected chi connectivity index (χ2v) is 8.09. The van der Waals surface area contributed by atoms with Gasteiger partial charge in [-0.15, -0.1) is 0 Å². The molecule has 3 amide bonds. The Kier molecular flexibility index (Phi) is 7.35. The molecule has 0 saturated carbocycles. The first kappa shape index (κ1) is 23.9. The fourth-order valence-corrected chi connectivity index (χ4v) is 3.94. The van der Waals surface area contributed by atoms with Crippen molar-refractivity contribution < 1.29 is 19.1 Å². The molecule has 3 aromatic rings. The minimum absolute atomic E-state index is 0.0417. The molecule has 2 aromatic carbocycles. The number of carbonyl (C=O) groups excluding carboxylic acids is 2. The first-order chi connectivity index (χ1) is 17.0. The highest BCUT2D eigenvalue weighted by Crippen LogP contribution is 2.29. The summed E-state index contributed by atoms with van der Waals surface area (Å²) in [6.07, 6.45) is 3.49. The molecule has 182 valence electrons. The van der Waals surface area contributed by atoms with Gasteiger partial charge >= 0.3 is 6.03 Å². The normalized spacial score (nSPS) is 13.2. The molecule has 1 fully saturated rings. The van der Waals surface area contributed by atoms with Crippen molar-refractivity contribution in [2.24, 2.45) is 0 Å². The van der Waals surface area contributed by atoms with Crippen LogP contribution in [-0.2, 0) is 0 Å². The summed E-state index contributed by atoms with van der Waals surface area (Å²) < 4.78 is 10.5. The lowest BCUT2D eigenvalue weighted by Crippen LogP contribution is -2.51. The number of methoxy groups -OCH3 is 2. The van der Waals surface area contributed by atoms with E-state index in [4.69, 9.17) is 9.47 Å². The van der Waals surface area contributed by atoms with E-state index < -0.39 is 0 Å². The van der Waals surface area contributed by atoms with Crippen LogP contribution in [0.2, 0.25) is 0 Å². The average molecular weight is 476 g/mol. The van der Waals surface area contributed by atoms with E-state index in [1.165, 1.54) is 0 Å². The van der Waals surface area contributed by atoms with E-state index in [0.29, 0.717) is 48.9 Å². The topological polar surface area (TPSA) is 87.2 Å². The third-order valence-electron chi connectivity index (χ3n) is 6.06. The summed E-state index contributed by atoms with van der Waals surface area (Å²) in [4.78, 5) is 35.3. The molecular formula is C26H29N5O4. The number of aromatic nitrogens is 1. The number of benzene rings is 2. The van der Waals surface area contributed by atoms with Gasteiger partial charge in [-0.05, 0) is 48.5 Å². The monoisotopic (exact) mass is 475 g/mol. The number of anilines is 3. The molecule has 9 heteroatoms. The number of piperazine rings is 1.